The molecular weight excluding hydrogens is 395 g/mol. The van der Waals surface area contributed by atoms with E-state index in [0.29, 0.717) is 10.5 Å². The van der Waals surface area contributed by atoms with Gasteiger partial charge in [0, 0.05) is 4.47 Å². The Morgan fingerprint density at radius 1 is 1.05 bits per heavy atom. The lowest BCUT2D eigenvalue weighted by Gasteiger charge is -2.10. The summed E-state index contributed by atoms with van der Waals surface area (Å²) < 4.78 is 65.6. The fraction of sp³-hybridized carbons (Fsp3) is 0. The molecule has 9 heteroatoms. The fourth-order valence-electron chi connectivity index (χ4n) is 1.45. The van der Waals surface area contributed by atoms with E-state index in [1.807, 2.05) is 4.72 Å². The van der Waals surface area contributed by atoms with Crippen LogP contribution in [0.15, 0.2) is 39.7 Å². The van der Waals surface area contributed by atoms with Gasteiger partial charge in [0.05, 0.1) is 15.6 Å². The van der Waals surface area contributed by atoms with Gasteiger partial charge in [0.25, 0.3) is 10.0 Å². The molecule has 0 aromatic heterocycles. The maximum Gasteiger partial charge on any atom is 0.262 e. The summed E-state index contributed by atoms with van der Waals surface area (Å²) in [5.74, 6) is -4.79. The fourth-order valence-corrected chi connectivity index (χ4v) is 3.19. The Morgan fingerprint density at radius 2 is 1.71 bits per heavy atom. The molecule has 0 radical (unpaired) electrons. The standard InChI is InChI=1S/C12H6BrClF3NO2S/c13-7-5-6(1-2-8(7)14)21(19,20)18-10-4-3-9(15)11(16)12(10)17/h1-5,18H. The van der Waals surface area contributed by atoms with Crippen molar-refractivity contribution in [2.45, 2.75) is 4.90 Å². The van der Waals surface area contributed by atoms with Gasteiger partial charge in [0.1, 0.15) is 0 Å². The van der Waals surface area contributed by atoms with E-state index in [2.05, 4.69) is 15.9 Å². The first-order valence-electron chi connectivity index (χ1n) is 5.34. The second-order valence-corrected chi connectivity index (χ2v) is 6.85. The Kier molecular flexibility index (Phi) is 4.50. The normalized spacial score (nSPS) is 11.5. The third-order valence-corrected chi connectivity index (χ3v) is 5.06. The Morgan fingerprint density at radius 3 is 2.33 bits per heavy atom. The van der Waals surface area contributed by atoms with Crippen molar-refractivity contribution in [3.63, 3.8) is 0 Å². The van der Waals surface area contributed by atoms with Gasteiger partial charge in [-0.2, -0.15) is 0 Å². The molecule has 0 amide bonds. The monoisotopic (exact) mass is 399 g/mol. The molecule has 0 spiro atoms. The average Bonchev–Trinajstić information content (AvgIpc) is 2.42. The van der Waals surface area contributed by atoms with Gasteiger partial charge in [-0.05, 0) is 46.3 Å². The van der Waals surface area contributed by atoms with Crippen LogP contribution < -0.4 is 4.72 Å². The number of hydrogen-bond donors (Lipinski definition) is 1. The molecule has 1 N–H and O–H groups in total. The van der Waals surface area contributed by atoms with E-state index in [9.17, 15) is 21.6 Å². The van der Waals surface area contributed by atoms with Gasteiger partial charge in [0.15, 0.2) is 17.5 Å². The molecule has 0 unspecified atom stereocenters. The van der Waals surface area contributed by atoms with Gasteiger partial charge >= 0.3 is 0 Å². The largest absolute Gasteiger partial charge is 0.277 e. The van der Waals surface area contributed by atoms with Crippen molar-refractivity contribution in [2.24, 2.45) is 0 Å². The molecule has 21 heavy (non-hydrogen) atoms. The highest BCUT2D eigenvalue weighted by atomic mass is 79.9. The van der Waals surface area contributed by atoms with Gasteiger partial charge < -0.3 is 0 Å². The van der Waals surface area contributed by atoms with Crippen LogP contribution in [-0.4, -0.2) is 8.42 Å². The first kappa shape index (κ1) is 16.1. The lowest BCUT2D eigenvalue weighted by molar-refractivity contribution is 0.449. The molecule has 0 atom stereocenters. The van der Waals surface area contributed by atoms with Gasteiger partial charge in [0.2, 0.25) is 0 Å². The minimum atomic E-state index is -4.17. The maximum absolute atomic E-state index is 13.5. The molecule has 2 aromatic carbocycles. The molecule has 112 valence electrons. The number of halogens is 5. The Balaban J connectivity index is 2.42. The second kappa shape index (κ2) is 5.86. The molecule has 0 aliphatic heterocycles. The van der Waals surface area contributed by atoms with E-state index in [4.69, 9.17) is 11.6 Å². The summed E-state index contributed by atoms with van der Waals surface area (Å²) in [5.41, 5.74) is -0.694. The Bertz CT molecular complexity index is 814. The van der Waals surface area contributed by atoms with Crippen molar-refractivity contribution in [3.05, 3.63) is 57.3 Å². The molecule has 0 bridgehead atoms. The molecule has 0 saturated heterocycles. The summed E-state index contributed by atoms with van der Waals surface area (Å²) >= 11 is 8.79. The number of hydrogen-bond acceptors (Lipinski definition) is 2. The van der Waals surface area contributed by atoms with Crippen molar-refractivity contribution in [1.82, 2.24) is 0 Å². The van der Waals surface area contributed by atoms with Gasteiger partial charge in [-0.15, -0.1) is 0 Å². The van der Waals surface area contributed by atoms with Crippen LogP contribution in [0.5, 0.6) is 0 Å². The first-order valence-corrected chi connectivity index (χ1v) is 7.99. The zero-order chi connectivity index (χ0) is 15.8. The SMILES string of the molecule is O=S(=O)(Nc1ccc(F)c(F)c1F)c1ccc(Cl)c(Br)c1. The minimum Gasteiger partial charge on any atom is -0.277 e. The number of anilines is 1. The highest BCUT2D eigenvalue weighted by molar-refractivity contribution is 9.10. The van der Waals surface area contributed by atoms with E-state index in [-0.39, 0.29) is 9.92 Å². The van der Waals surface area contributed by atoms with Crippen molar-refractivity contribution < 1.29 is 21.6 Å². The summed E-state index contributed by atoms with van der Waals surface area (Å²) in [6, 6.07) is 5.11. The summed E-state index contributed by atoms with van der Waals surface area (Å²) in [6.45, 7) is 0. The maximum atomic E-state index is 13.5. The Hall–Kier alpha value is -1.25. The first-order chi connectivity index (χ1) is 9.72. The van der Waals surface area contributed by atoms with Crippen LogP contribution in [0.1, 0.15) is 0 Å². The van der Waals surface area contributed by atoms with Gasteiger partial charge in [-0.25, -0.2) is 21.6 Å². The number of benzene rings is 2. The summed E-state index contributed by atoms with van der Waals surface area (Å²) in [4.78, 5) is -0.220. The highest BCUT2D eigenvalue weighted by Crippen LogP contribution is 2.27. The molecular formula is C12H6BrClF3NO2S. The van der Waals surface area contributed by atoms with Crippen molar-refractivity contribution >= 4 is 43.2 Å². The summed E-state index contributed by atoms with van der Waals surface area (Å²) in [5, 5.41) is 0.285. The smallest absolute Gasteiger partial charge is 0.262 e. The average molecular weight is 401 g/mol. The zero-order valence-corrected chi connectivity index (χ0v) is 13.2. The highest BCUT2D eigenvalue weighted by Gasteiger charge is 2.20. The van der Waals surface area contributed by atoms with E-state index in [1.54, 1.807) is 0 Å². The lowest BCUT2D eigenvalue weighted by Crippen LogP contribution is -2.14. The molecule has 0 aliphatic rings. The predicted molar refractivity (Wildman–Crippen MR) is 76.3 cm³/mol. The van der Waals surface area contributed by atoms with Crippen molar-refractivity contribution in [2.75, 3.05) is 4.72 Å². The molecule has 2 rings (SSSR count). The van der Waals surface area contributed by atoms with Gasteiger partial charge in [-0.1, -0.05) is 11.6 Å². The zero-order valence-electron chi connectivity index (χ0n) is 10.0. The number of sulfonamides is 1. The van der Waals surface area contributed by atoms with Crippen LogP contribution in [0.2, 0.25) is 5.02 Å². The molecule has 0 aliphatic carbocycles. The summed E-state index contributed by atoms with van der Waals surface area (Å²) in [7, 11) is -4.17. The third kappa shape index (κ3) is 3.33. The quantitative estimate of drug-likeness (QED) is 0.780. The van der Waals surface area contributed by atoms with Crippen LogP contribution in [-0.2, 0) is 10.0 Å². The molecule has 3 nitrogen and oxygen atoms in total. The topological polar surface area (TPSA) is 46.2 Å². The van der Waals surface area contributed by atoms with Crippen molar-refractivity contribution in [1.29, 1.82) is 0 Å². The van der Waals surface area contributed by atoms with Crippen LogP contribution in [0.4, 0.5) is 18.9 Å². The number of nitrogens with one attached hydrogen (secondary N) is 1. The molecule has 2 aromatic rings. The van der Waals surface area contributed by atoms with E-state index in [0.717, 1.165) is 6.07 Å². The second-order valence-electron chi connectivity index (χ2n) is 3.90. The van der Waals surface area contributed by atoms with Crippen LogP contribution in [0.25, 0.3) is 0 Å². The molecule has 0 fully saturated rings. The van der Waals surface area contributed by atoms with E-state index >= 15 is 0 Å². The summed E-state index contributed by atoms with van der Waals surface area (Å²) in [6.07, 6.45) is 0. The van der Waals surface area contributed by atoms with E-state index in [1.165, 1.54) is 18.2 Å². The van der Waals surface area contributed by atoms with Gasteiger partial charge in [-0.3, -0.25) is 4.72 Å². The van der Waals surface area contributed by atoms with Crippen LogP contribution in [0.3, 0.4) is 0 Å². The van der Waals surface area contributed by atoms with Crippen LogP contribution in [0, 0.1) is 17.5 Å². The molecule has 0 heterocycles. The van der Waals surface area contributed by atoms with Crippen molar-refractivity contribution in [3.8, 4) is 0 Å². The van der Waals surface area contributed by atoms with E-state index < -0.39 is 33.2 Å². The minimum absolute atomic E-state index is 0.220. The Labute approximate surface area is 131 Å². The molecule has 0 saturated carbocycles. The lowest BCUT2D eigenvalue weighted by atomic mass is 10.3. The predicted octanol–water partition coefficient (Wildman–Crippen LogP) is 4.32. The third-order valence-electron chi connectivity index (χ3n) is 2.48. The van der Waals surface area contributed by atoms with Crippen LogP contribution >= 0.6 is 27.5 Å². The number of rotatable bonds is 3.